The molecule has 0 atom stereocenters. The van der Waals surface area contributed by atoms with Crippen molar-refractivity contribution in [2.24, 2.45) is 5.73 Å². The lowest BCUT2D eigenvalue weighted by Crippen LogP contribution is -2.30. The summed E-state index contributed by atoms with van der Waals surface area (Å²) in [4.78, 5) is 2.27. The molecule has 0 amide bonds. The second-order valence-corrected chi connectivity index (χ2v) is 4.02. The van der Waals surface area contributed by atoms with E-state index in [-0.39, 0.29) is 0 Å². The Bertz CT molecular complexity index is 472. The summed E-state index contributed by atoms with van der Waals surface area (Å²) in [5.41, 5.74) is 7.72. The van der Waals surface area contributed by atoms with Gasteiger partial charge in [-0.15, -0.1) is 0 Å². The van der Waals surface area contributed by atoms with Crippen LogP contribution in [0.3, 0.4) is 0 Å². The van der Waals surface area contributed by atoms with Crippen LogP contribution >= 0.6 is 0 Å². The number of fused-ring (bicyclic) bond motifs is 1. The summed E-state index contributed by atoms with van der Waals surface area (Å²) in [5.74, 6) is 0. The van der Waals surface area contributed by atoms with Crippen molar-refractivity contribution in [1.29, 1.82) is 0 Å². The molecular weight excluding hydrogens is 212 g/mol. The smallest absolute Gasteiger partial charge is 0.0950 e. The van der Waals surface area contributed by atoms with E-state index in [1.54, 1.807) is 0 Å². The van der Waals surface area contributed by atoms with E-state index >= 15 is 0 Å². The lowest BCUT2D eigenvalue weighted by Gasteiger charge is -2.24. The Balaban J connectivity index is 2.44. The molecular formula is C13H18N4. The first-order valence-electron chi connectivity index (χ1n) is 6.02. The zero-order valence-corrected chi connectivity index (χ0v) is 10.1. The average molecular weight is 230 g/mol. The predicted octanol–water partition coefficient (Wildman–Crippen LogP) is 1.80. The summed E-state index contributed by atoms with van der Waals surface area (Å²) in [6, 6.07) is 8.07. The quantitative estimate of drug-likeness (QED) is 0.851. The molecule has 17 heavy (non-hydrogen) atoms. The fourth-order valence-electron chi connectivity index (χ4n) is 2.02. The van der Waals surface area contributed by atoms with Gasteiger partial charge < -0.3 is 10.6 Å². The Kier molecular flexibility index (Phi) is 3.88. The fourth-order valence-corrected chi connectivity index (χ4v) is 2.02. The molecule has 2 rings (SSSR count). The number of hydrogen-bond acceptors (Lipinski definition) is 4. The van der Waals surface area contributed by atoms with Crippen LogP contribution in [0.25, 0.3) is 10.9 Å². The van der Waals surface area contributed by atoms with Gasteiger partial charge in [-0.25, -0.2) is 0 Å². The van der Waals surface area contributed by atoms with Crippen LogP contribution in [0.4, 0.5) is 5.69 Å². The molecule has 0 aliphatic rings. The molecule has 0 aliphatic carbocycles. The van der Waals surface area contributed by atoms with Crippen molar-refractivity contribution in [1.82, 2.24) is 10.2 Å². The molecule has 0 radical (unpaired) electrons. The van der Waals surface area contributed by atoms with Crippen molar-refractivity contribution in [3.05, 3.63) is 30.5 Å². The fraction of sp³-hybridized carbons (Fsp3) is 0.385. The standard InChI is InChI=1S/C13H18N4/c1-2-8-17(9-7-14)13-10-15-16-12-6-4-3-5-11(12)13/h3-6,10H,2,7-9,14H2,1H3. The number of rotatable bonds is 5. The lowest BCUT2D eigenvalue weighted by atomic mass is 10.2. The largest absolute Gasteiger partial charge is 0.368 e. The average Bonchev–Trinajstić information content (AvgIpc) is 2.38. The number of benzene rings is 1. The maximum atomic E-state index is 5.66. The zero-order chi connectivity index (χ0) is 12.1. The number of aromatic nitrogens is 2. The van der Waals surface area contributed by atoms with Crippen molar-refractivity contribution < 1.29 is 0 Å². The van der Waals surface area contributed by atoms with Gasteiger partial charge in [0, 0.05) is 25.0 Å². The van der Waals surface area contributed by atoms with Crippen LogP contribution in [0, 0.1) is 0 Å². The van der Waals surface area contributed by atoms with Crippen molar-refractivity contribution >= 4 is 16.6 Å². The SMILES string of the molecule is CCCN(CCN)c1cnnc2ccccc12. The maximum absolute atomic E-state index is 5.66. The highest BCUT2D eigenvalue weighted by atomic mass is 15.2. The summed E-state index contributed by atoms with van der Waals surface area (Å²) < 4.78 is 0. The van der Waals surface area contributed by atoms with Crippen LogP contribution in [0.2, 0.25) is 0 Å². The molecule has 0 saturated carbocycles. The number of nitrogens with zero attached hydrogens (tertiary/aromatic N) is 3. The molecule has 4 heteroatoms. The molecule has 0 spiro atoms. The van der Waals surface area contributed by atoms with Gasteiger partial charge in [-0.1, -0.05) is 25.1 Å². The minimum absolute atomic E-state index is 0.649. The summed E-state index contributed by atoms with van der Waals surface area (Å²) in [6.07, 6.45) is 2.92. The molecule has 4 nitrogen and oxygen atoms in total. The Hall–Kier alpha value is -1.68. The normalized spacial score (nSPS) is 10.7. The van der Waals surface area contributed by atoms with Gasteiger partial charge in [0.15, 0.2) is 0 Å². The summed E-state index contributed by atoms with van der Waals surface area (Å²) in [7, 11) is 0. The van der Waals surface area contributed by atoms with Gasteiger partial charge in [0.25, 0.3) is 0 Å². The number of anilines is 1. The first kappa shape index (κ1) is 11.8. The Morgan fingerprint density at radius 1 is 1.24 bits per heavy atom. The predicted molar refractivity (Wildman–Crippen MR) is 71.1 cm³/mol. The van der Waals surface area contributed by atoms with E-state index in [9.17, 15) is 0 Å². The third-order valence-electron chi connectivity index (χ3n) is 2.76. The van der Waals surface area contributed by atoms with E-state index in [1.165, 1.54) is 0 Å². The topological polar surface area (TPSA) is 55.0 Å². The van der Waals surface area contributed by atoms with E-state index in [1.807, 2.05) is 24.4 Å². The number of hydrogen-bond donors (Lipinski definition) is 1. The van der Waals surface area contributed by atoms with Crippen molar-refractivity contribution in [2.45, 2.75) is 13.3 Å². The monoisotopic (exact) mass is 230 g/mol. The second-order valence-electron chi connectivity index (χ2n) is 4.02. The van der Waals surface area contributed by atoms with E-state index < -0.39 is 0 Å². The first-order chi connectivity index (χ1) is 8.36. The molecule has 90 valence electrons. The van der Waals surface area contributed by atoms with E-state index in [4.69, 9.17) is 5.73 Å². The van der Waals surface area contributed by atoms with Crippen LogP contribution in [0.15, 0.2) is 30.5 Å². The summed E-state index contributed by atoms with van der Waals surface area (Å²) >= 11 is 0. The highest BCUT2D eigenvalue weighted by Crippen LogP contribution is 2.23. The van der Waals surface area contributed by atoms with Crippen LogP contribution in [0.5, 0.6) is 0 Å². The van der Waals surface area contributed by atoms with Crippen LogP contribution in [-0.2, 0) is 0 Å². The summed E-state index contributed by atoms with van der Waals surface area (Å²) in [6.45, 7) is 4.66. The van der Waals surface area contributed by atoms with Crippen molar-refractivity contribution in [3.63, 3.8) is 0 Å². The molecule has 2 N–H and O–H groups in total. The van der Waals surface area contributed by atoms with Crippen LogP contribution < -0.4 is 10.6 Å². The molecule has 1 aromatic carbocycles. The second kappa shape index (κ2) is 5.59. The van der Waals surface area contributed by atoms with Gasteiger partial charge in [-0.05, 0) is 12.5 Å². The Labute approximate surface area is 101 Å². The van der Waals surface area contributed by atoms with Crippen molar-refractivity contribution in [3.8, 4) is 0 Å². The van der Waals surface area contributed by atoms with Gasteiger partial charge in [-0.3, -0.25) is 0 Å². The summed E-state index contributed by atoms with van der Waals surface area (Å²) in [5, 5.41) is 9.35. The molecule has 2 aromatic rings. The number of nitrogens with two attached hydrogens (primary N) is 1. The third-order valence-corrected chi connectivity index (χ3v) is 2.76. The lowest BCUT2D eigenvalue weighted by molar-refractivity contribution is 0.762. The van der Waals surface area contributed by atoms with Crippen LogP contribution in [-0.4, -0.2) is 29.8 Å². The minimum atomic E-state index is 0.649. The van der Waals surface area contributed by atoms with E-state index in [0.717, 1.165) is 36.1 Å². The van der Waals surface area contributed by atoms with Crippen molar-refractivity contribution in [2.75, 3.05) is 24.5 Å². The Morgan fingerprint density at radius 3 is 2.82 bits per heavy atom. The molecule has 0 unspecified atom stereocenters. The van der Waals surface area contributed by atoms with Gasteiger partial charge in [-0.2, -0.15) is 10.2 Å². The highest BCUT2D eigenvalue weighted by molar-refractivity contribution is 5.90. The van der Waals surface area contributed by atoms with Crippen LogP contribution in [0.1, 0.15) is 13.3 Å². The molecule has 0 bridgehead atoms. The maximum Gasteiger partial charge on any atom is 0.0950 e. The zero-order valence-electron chi connectivity index (χ0n) is 10.1. The molecule has 0 saturated heterocycles. The molecule has 0 aliphatic heterocycles. The minimum Gasteiger partial charge on any atom is -0.368 e. The van der Waals surface area contributed by atoms with E-state index in [0.29, 0.717) is 6.54 Å². The third kappa shape index (κ3) is 2.53. The molecule has 1 aromatic heterocycles. The highest BCUT2D eigenvalue weighted by Gasteiger charge is 2.09. The first-order valence-corrected chi connectivity index (χ1v) is 6.02. The van der Waals surface area contributed by atoms with Gasteiger partial charge in [0.1, 0.15) is 0 Å². The van der Waals surface area contributed by atoms with E-state index in [2.05, 4.69) is 28.1 Å². The van der Waals surface area contributed by atoms with Gasteiger partial charge in [0.05, 0.1) is 17.4 Å². The van der Waals surface area contributed by atoms with Gasteiger partial charge >= 0.3 is 0 Å². The molecule has 1 heterocycles. The van der Waals surface area contributed by atoms with Gasteiger partial charge in [0.2, 0.25) is 0 Å². The Morgan fingerprint density at radius 2 is 2.06 bits per heavy atom. The molecule has 0 fully saturated rings.